The molecule has 28 heavy (non-hydrogen) atoms. The number of aromatic nitrogens is 4. The van der Waals surface area contributed by atoms with Crippen LogP contribution < -0.4 is 16.6 Å². The van der Waals surface area contributed by atoms with Crippen LogP contribution in [0.25, 0.3) is 5.69 Å². The summed E-state index contributed by atoms with van der Waals surface area (Å²) in [7, 11) is 2.89. The average molecular weight is 378 g/mol. The molecule has 0 aliphatic carbocycles. The minimum absolute atomic E-state index is 0.0873. The van der Waals surface area contributed by atoms with Gasteiger partial charge in [-0.2, -0.15) is 10.4 Å². The Labute approximate surface area is 162 Å². The van der Waals surface area contributed by atoms with E-state index < -0.39 is 11.2 Å². The highest BCUT2D eigenvalue weighted by Gasteiger charge is 2.17. The van der Waals surface area contributed by atoms with Crippen molar-refractivity contribution in [3.8, 4) is 11.8 Å². The normalized spacial score (nSPS) is 11.9. The number of nitrogens with one attached hydrogen (secondary N) is 1. The van der Waals surface area contributed by atoms with E-state index in [1.807, 2.05) is 61.9 Å². The van der Waals surface area contributed by atoms with Gasteiger partial charge < -0.3 is 5.32 Å². The summed E-state index contributed by atoms with van der Waals surface area (Å²) < 4.78 is 4.08. The van der Waals surface area contributed by atoms with Crippen molar-refractivity contribution < 1.29 is 0 Å². The Morgan fingerprint density at radius 2 is 1.75 bits per heavy atom. The molecule has 0 aliphatic rings. The predicted molar refractivity (Wildman–Crippen MR) is 107 cm³/mol. The van der Waals surface area contributed by atoms with Gasteiger partial charge in [0.2, 0.25) is 0 Å². The van der Waals surface area contributed by atoms with Crippen LogP contribution in [0.3, 0.4) is 0 Å². The zero-order valence-corrected chi connectivity index (χ0v) is 16.5. The molecule has 144 valence electrons. The second-order valence-corrected chi connectivity index (χ2v) is 6.84. The molecule has 0 amide bonds. The van der Waals surface area contributed by atoms with E-state index in [2.05, 4.69) is 10.4 Å². The molecule has 0 unspecified atom stereocenters. The van der Waals surface area contributed by atoms with Gasteiger partial charge in [-0.25, -0.2) is 9.48 Å². The van der Waals surface area contributed by atoms with Gasteiger partial charge in [0, 0.05) is 25.8 Å². The smallest absolute Gasteiger partial charge is 0.332 e. The van der Waals surface area contributed by atoms with Crippen molar-refractivity contribution in [1.29, 1.82) is 5.26 Å². The maximum atomic E-state index is 12.2. The van der Waals surface area contributed by atoms with Crippen LogP contribution in [0.4, 0.5) is 5.82 Å². The van der Waals surface area contributed by atoms with Crippen LogP contribution in [0.5, 0.6) is 0 Å². The molecule has 2 aromatic heterocycles. The van der Waals surface area contributed by atoms with Crippen LogP contribution in [0.15, 0.2) is 39.9 Å². The molecule has 3 aromatic rings. The first kappa shape index (κ1) is 19.2. The molecule has 8 heteroatoms. The summed E-state index contributed by atoms with van der Waals surface area (Å²) in [6, 6.07) is 11.5. The summed E-state index contributed by atoms with van der Waals surface area (Å²) in [5.41, 5.74) is 2.70. The van der Waals surface area contributed by atoms with Gasteiger partial charge in [-0.1, -0.05) is 12.1 Å². The number of aryl methyl sites for hydroxylation is 2. The van der Waals surface area contributed by atoms with E-state index in [0.717, 1.165) is 27.2 Å². The van der Waals surface area contributed by atoms with Gasteiger partial charge in [0.15, 0.2) is 5.56 Å². The van der Waals surface area contributed by atoms with E-state index in [1.54, 1.807) is 0 Å². The molecule has 0 spiro atoms. The Hall–Kier alpha value is -3.60. The lowest BCUT2D eigenvalue weighted by Crippen LogP contribution is -2.40. The van der Waals surface area contributed by atoms with E-state index in [0.29, 0.717) is 0 Å². The maximum Gasteiger partial charge on any atom is 0.332 e. The molecule has 0 radical (unpaired) electrons. The average Bonchev–Trinajstić information content (AvgIpc) is 3.02. The van der Waals surface area contributed by atoms with Gasteiger partial charge in [0.1, 0.15) is 11.9 Å². The van der Waals surface area contributed by atoms with Gasteiger partial charge in [-0.05, 0) is 44.5 Å². The third-order valence-electron chi connectivity index (χ3n) is 4.78. The van der Waals surface area contributed by atoms with Crippen molar-refractivity contribution in [1.82, 2.24) is 18.9 Å². The quantitative estimate of drug-likeness (QED) is 0.748. The SMILES string of the molecule is Cc1cc(C)n(-c2ccc([C@H](C)Nc3c(C#N)c(=O)n(C)c(=O)n3C)cc2)n1. The molecule has 0 saturated heterocycles. The number of benzene rings is 1. The predicted octanol–water partition coefficient (Wildman–Crippen LogP) is 1.93. The van der Waals surface area contributed by atoms with Crippen LogP contribution in [0.1, 0.15) is 35.5 Å². The molecular weight excluding hydrogens is 356 g/mol. The lowest BCUT2D eigenvalue weighted by atomic mass is 10.1. The summed E-state index contributed by atoms with van der Waals surface area (Å²) in [5.74, 6) is 0.214. The highest BCUT2D eigenvalue weighted by Crippen LogP contribution is 2.21. The van der Waals surface area contributed by atoms with Crippen LogP contribution in [0, 0.1) is 25.2 Å². The summed E-state index contributed by atoms with van der Waals surface area (Å²) in [4.78, 5) is 24.4. The summed E-state index contributed by atoms with van der Waals surface area (Å²) in [6.45, 7) is 5.85. The van der Waals surface area contributed by atoms with E-state index in [9.17, 15) is 14.9 Å². The summed E-state index contributed by atoms with van der Waals surface area (Å²) in [6.07, 6.45) is 0. The monoisotopic (exact) mass is 378 g/mol. The Kier molecular flexibility index (Phi) is 4.92. The number of anilines is 1. The maximum absolute atomic E-state index is 12.2. The van der Waals surface area contributed by atoms with E-state index in [-0.39, 0.29) is 17.4 Å². The molecule has 0 aliphatic heterocycles. The van der Waals surface area contributed by atoms with Crippen molar-refractivity contribution in [2.24, 2.45) is 14.1 Å². The van der Waals surface area contributed by atoms with Gasteiger partial charge in [0.25, 0.3) is 5.56 Å². The molecule has 0 bridgehead atoms. The third kappa shape index (κ3) is 3.22. The van der Waals surface area contributed by atoms with Crippen molar-refractivity contribution in [3.05, 3.63) is 73.7 Å². The van der Waals surface area contributed by atoms with Crippen LogP contribution >= 0.6 is 0 Å². The van der Waals surface area contributed by atoms with Gasteiger partial charge in [-0.15, -0.1) is 0 Å². The highest BCUT2D eigenvalue weighted by atomic mass is 16.2. The molecule has 3 rings (SSSR count). The minimum Gasteiger partial charge on any atom is -0.364 e. The zero-order chi connectivity index (χ0) is 20.6. The molecule has 1 N–H and O–H groups in total. The third-order valence-corrected chi connectivity index (χ3v) is 4.78. The van der Waals surface area contributed by atoms with Crippen molar-refractivity contribution >= 4 is 5.82 Å². The molecule has 0 saturated carbocycles. The Balaban J connectivity index is 1.94. The first-order valence-electron chi connectivity index (χ1n) is 8.84. The number of hydrogen-bond donors (Lipinski definition) is 1. The minimum atomic E-state index is -0.611. The van der Waals surface area contributed by atoms with Gasteiger partial charge >= 0.3 is 5.69 Å². The van der Waals surface area contributed by atoms with Crippen molar-refractivity contribution in [2.75, 3.05) is 5.32 Å². The molecular formula is C20H22N6O2. The van der Waals surface area contributed by atoms with Crippen LogP contribution in [0.2, 0.25) is 0 Å². The van der Waals surface area contributed by atoms with Gasteiger partial charge in [-0.3, -0.25) is 13.9 Å². The van der Waals surface area contributed by atoms with E-state index >= 15 is 0 Å². The fourth-order valence-electron chi connectivity index (χ4n) is 3.20. The fraction of sp³-hybridized carbons (Fsp3) is 0.300. The molecule has 0 fully saturated rings. The summed E-state index contributed by atoms with van der Waals surface area (Å²) in [5, 5.41) is 17.0. The first-order valence-corrected chi connectivity index (χ1v) is 8.84. The molecule has 2 heterocycles. The van der Waals surface area contributed by atoms with Crippen LogP contribution in [-0.2, 0) is 14.1 Å². The number of nitriles is 1. The first-order chi connectivity index (χ1) is 13.2. The van der Waals surface area contributed by atoms with E-state index in [1.165, 1.54) is 18.7 Å². The number of hydrogen-bond acceptors (Lipinski definition) is 5. The van der Waals surface area contributed by atoms with Gasteiger partial charge in [0.05, 0.1) is 11.4 Å². The Bertz CT molecular complexity index is 1190. The van der Waals surface area contributed by atoms with Crippen molar-refractivity contribution in [2.45, 2.75) is 26.8 Å². The van der Waals surface area contributed by atoms with E-state index in [4.69, 9.17) is 0 Å². The lowest BCUT2D eigenvalue weighted by molar-refractivity contribution is 0.678. The Morgan fingerprint density at radius 1 is 1.11 bits per heavy atom. The molecule has 1 atom stereocenters. The Morgan fingerprint density at radius 3 is 2.29 bits per heavy atom. The molecule has 1 aromatic carbocycles. The summed E-state index contributed by atoms with van der Waals surface area (Å²) >= 11 is 0. The number of rotatable bonds is 4. The van der Waals surface area contributed by atoms with Crippen molar-refractivity contribution in [3.63, 3.8) is 0 Å². The standard InChI is InChI=1S/C20H22N6O2/c1-12-10-13(2)26(23-12)16-8-6-15(7-9-16)14(3)22-18-17(11-21)19(27)25(5)20(28)24(18)4/h6-10,14,22H,1-5H3/t14-/m0/s1. The zero-order valence-electron chi connectivity index (χ0n) is 16.5. The number of nitrogens with zero attached hydrogens (tertiary/aromatic N) is 5. The second-order valence-electron chi connectivity index (χ2n) is 6.84. The lowest BCUT2D eigenvalue weighted by Gasteiger charge is -2.19. The highest BCUT2D eigenvalue weighted by molar-refractivity contribution is 5.52. The fourth-order valence-corrected chi connectivity index (χ4v) is 3.20. The molecule has 8 nitrogen and oxygen atoms in total. The second kappa shape index (κ2) is 7.19. The topological polar surface area (TPSA) is 97.6 Å². The largest absolute Gasteiger partial charge is 0.364 e. The van der Waals surface area contributed by atoms with Crippen LogP contribution in [-0.4, -0.2) is 18.9 Å².